The smallest absolute Gasteiger partial charge is 0.169 e. The van der Waals surface area contributed by atoms with Crippen LogP contribution < -0.4 is 5.73 Å². The lowest BCUT2D eigenvalue weighted by Gasteiger charge is -2.40. The molecule has 2 aliphatic rings. The number of hydrogen-bond acceptors (Lipinski definition) is 4. The first-order valence-corrected chi connectivity index (χ1v) is 8.65. The summed E-state index contributed by atoms with van der Waals surface area (Å²) in [7, 11) is -3.79. The number of fused-ring (bicyclic) bond motifs is 2. The second-order valence-electron chi connectivity index (χ2n) is 6.28. The van der Waals surface area contributed by atoms with Gasteiger partial charge in [-0.3, -0.25) is 4.99 Å². The van der Waals surface area contributed by atoms with Gasteiger partial charge in [-0.25, -0.2) is 17.2 Å². The zero-order valence-electron chi connectivity index (χ0n) is 12.4. The van der Waals surface area contributed by atoms with E-state index in [4.69, 9.17) is 5.73 Å². The Balaban J connectivity index is 2.30. The maximum Gasteiger partial charge on any atom is 0.169 e. The predicted molar refractivity (Wildman–Crippen MR) is 81.9 cm³/mol. The summed E-state index contributed by atoms with van der Waals surface area (Å²) in [5.74, 6) is -0.553. The van der Waals surface area contributed by atoms with Crippen LogP contribution in [0.25, 0.3) is 0 Å². The Morgan fingerprint density at radius 2 is 2.14 bits per heavy atom. The molecule has 0 saturated carbocycles. The molecule has 0 spiro atoms. The second-order valence-corrected chi connectivity index (χ2v) is 8.72. The van der Waals surface area contributed by atoms with Crippen LogP contribution in [0.5, 0.6) is 0 Å². The van der Waals surface area contributed by atoms with Crippen LogP contribution in [0.15, 0.2) is 23.2 Å². The third-order valence-corrected chi connectivity index (χ3v) is 8.31. The number of hydrogen-bond donors (Lipinski definition) is 1. The van der Waals surface area contributed by atoms with E-state index >= 15 is 0 Å². The Bertz CT molecular complexity index is 778. The molecule has 1 aromatic carbocycles. The fourth-order valence-corrected chi connectivity index (χ4v) is 6.60. The molecule has 0 amide bonds. The van der Waals surface area contributed by atoms with Gasteiger partial charge in [-0.1, -0.05) is 0 Å². The summed E-state index contributed by atoms with van der Waals surface area (Å²) in [6.07, 6.45) is 0.448. The van der Waals surface area contributed by atoms with Gasteiger partial charge in [0.2, 0.25) is 0 Å². The van der Waals surface area contributed by atoms with Gasteiger partial charge in [0.05, 0.1) is 5.25 Å². The molecule has 2 N–H and O–H groups in total. The highest BCUT2D eigenvalue weighted by molar-refractivity contribution is 7.94. The average molecular weight is 328 g/mol. The minimum atomic E-state index is -3.79. The molecule has 0 unspecified atom stereocenters. The van der Waals surface area contributed by atoms with Crippen molar-refractivity contribution in [2.75, 3.05) is 12.4 Å². The Morgan fingerprint density at radius 1 is 1.45 bits per heavy atom. The SMILES string of the molecule is CC1=N[C@](C)(c2cc(N)ccc2F)[C@H]2CC[C@]1(CF)S2(=O)=O. The van der Waals surface area contributed by atoms with Gasteiger partial charge in [0.1, 0.15) is 22.8 Å². The van der Waals surface area contributed by atoms with Crippen LogP contribution in [0, 0.1) is 5.82 Å². The highest BCUT2D eigenvalue weighted by atomic mass is 32.2. The van der Waals surface area contributed by atoms with Crippen molar-refractivity contribution in [1.82, 2.24) is 0 Å². The van der Waals surface area contributed by atoms with E-state index in [1.807, 2.05) is 0 Å². The van der Waals surface area contributed by atoms with E-state index in [1.165, 1.54) is 25.1 Å². The van der Waals surface area contributed by atoms with Gasteiger partial charge in [-0.15, -0.1) is 0 Å². The molecule has 1 aromatic rings. The van der Waals surface area contributed by atoms with Crippen molar-refractivity contribution in [1.29, 1.82) is 0 Å². The van der Waals surface area contributed by atoms with E-state index in [1.54, 1.807) is 6.92 Å². The highest BCUT2D eigenvalue weighted by Gasteiger charge is 2.64. The Kier molecular flexibility index (Phi) is 3.15. The molecule has 2 bridgehead atoms. The first kappa shape index (κ1) is 15.4. The van der Waals surface area contributed by atoms with Crippen LogP contribution in [-0.4, -0.2) is 30.8 Å². The summed E-state index contributed by atoms with van der Waals surface area (Å²) in [6, 6.07) is 4.04. The number of aliphatic imine (C=N–C) groups is 1. The Hall–Kier alpha value is -1.50. The maximum absolute atomic E-state index is 14.3. The molecule has 7 heteroatoms. The first-order chi connectivity index (χ1) is 10.2. The van der Waals surface area contributed by atoms with E-state index < -0.39 is 37.9 Å². The summed E-state index contributed by atoms with van der Waals surface area (Å²) in [5, 5.41) is -0.934. The number of nitrogen functional groups attached to an aromatic ring is 1. The molecule has 0 radical (unpaired) electrons. The fraction of sp³-hybridized carbons (Fsp3) is 0.533. The molecule has 1 fully saturated rings. The summed E-state index contributed by atoms with van der Waals surface area (Å²) in [4.78, 5) is 4.45. The highest BCUT2D eigenvalue weighted by Crippen LogP contribution is 2.52. The molecule has 3 rings (SSSR count). The minimum Gasteiger partial charge on any atom is -0.399 e. The number of nitrogens with zero attached hydrogens (tertiary/aromatic N) is 1. The number of benzene rings is 1. The van der Waals surface area contributed by atoms with Gasteiger partial charge in [0.25, 0.3) is 0 Å². The lowest BCUT2D eigenvalue weighted by Crippen LogP contribution is -2.55. The summed E-state index contributed by atoms with van der Waals surface area (Å²) >= 11 is 0. The Labute approximate surface area is 128 Å². The van der Waals surface area contributed by atoms with E-state index in [-0.39, 0.29) is 24.1 Å². The number of sulfone groups is 1. The van der Waals surface area contributed by atoms with Crippen LogP contribution in [0.1, 0.15) is 32.3 Å². The van der Waals surface area contributed by atoms with Gasteiger partial charge in [-0.2, -0.15) is 0 Å². The van der Waals surface area contributed by atoms with Crippen LogP contribution in [0.3, 0.4) is 0 Å². The van der Waals surface area contributed by atoms with Gasteiger partial charge in [-0.05, 0) is 44.9 Å². The summed E-state index contributed by atoms with van der Waals surface area (Å²) in [5.41, 5.74) is 5.14. The molecular weight excluding hydrogens is 310 g/mol. The monoisotopic (exact) mass is 328 g/mol. The number of alkyl halides is 1. The quantitative estimate of drug-likeness (QED) is 0.847. The first-order valence-electron chi connectivity index (χ1n) is 7.11. The lowest BCUT2D eigenvalue weighted by atomic mass is 9.86. The van der Waals surface area contributed by atoms with Crippen LogP contribution >= 0.6 is 0 Å². The van der Waals surface area contributed by atoms with Crippen molar-refractivity contribution in [2.24, 2.45) is 4.99 Å². The van der Waals surface area contributed by atoms with Crippen LogP contribution in [0.4, 0.5) is 14.5 Å². The van der Waals surface area contributed by atoms with E-state index in [0.717, 1.165) is 0 Å². The third-order valence-electron chi connectivity index (χ3n) is 5.17. The zero-order valence-corrected chi connectivity index (χ0v) is 13.3. The number of halogens is 2. The zero-order chi connectivity index (χ0) is 16.3. The standard InChI is InChI=1S/C15H18F2N2O2S/c1-9-15(8-16)6-5-13(22(15,20)21)14(2,19-9)11-7-10(18)3-4-12(11)17/h3-4,7,13H,5-6,8,18H2,1-2H3/t13-,14-,15-/m1/s1. The Morgan fingerprint density at radius 3 is 2.77 bits per heavy atom. The van der Waals surface area contributed by atoms with Crippen molar-refractivity contribution in [3.05, 3.63) is 29.6 Å². The topological polar surface area (TPSA) is 72.5 Å². The number of nitrogens with two attached hydrogens (primary N) is 1. The second kappa shape index (κ2) is 4.50. The molecule has 22 heavy (non-hydrogen) atoms. The van der Waals surface area contributed by atoms with Crippen LogP contribution in [-0.2, 0) is 15.4 Å². The van der Waals surface area contributed by atoms with Crippen molar-refractivity contribution >= 4 is 21.2 Å². The minimum absolute atomic E-state index is 0.148. The van der Waals surface area contributed by atoms with Crippen molar-refractivity contribution in [2.45, 2.75) is 42.2 Å². The van der Waals surface area contributed by atoms with Crippen LogP contribution in [0.2, 0.25) is 0 Å². The molecular formula is C15H18F2N2O2S. The molecule has 3 atom stereocenters. The fourth-order valence-electron chi connectivity index (χ4n) is 3.83. The van der Waals surface area contributed by atoms with Gasteiger partial charge >= 0.3 is 0 Å². The lowest BCUT2D eigenvalue weighted by molar-refractivity contribution is 0.415. The third kappa shape index (κ3) is 1.66. The largest absolute Gasteiger partial charge is 0.399 e. The summed E-state index contributed by atoms with van der Waals surface area (Å²) < 4.78 is 52.0. The van der Waals surface area contributed by atoms with Gasteiger partial charge in [0, 0.05) is 17.0 Å². The number of anilines is 1. The molecule has 0 aliphatic carbocycles. The summed E-state index contributed by atoms with van der Waals surface area (Å²) in [6.45, 7) is 2.11. The van der Waals surface area contributed by atoms with E-state index in [9.17, 15) is 17.2 Å². The maximum atomic E-state index is 14.3. The molecule has 2 aliphatic heterocycles. The van der Waals surface area contributed by atoms with E-state index in [0.29, 0.717) is 5.69 Å². The van der Waals surface area contributed by atoms with Crippen molar-refractivity contribution in [3.63, 3.8) is 0 Å². The van der Waals surface area contributed by atoms with Crippen molar-refractivity contribution in [3.8, 4) is 0 Å². The van der Waals surface area contributed by atoms with Crippen molar-refractivity contribution < 1.29 is 17.2 Å². The number of rotatable bonds is 2. The average Bonchev–Trinajstić information content (AvgIpc) is 2.65. The van der Waals surface area contributed by atoms with Gasteiger partial charge < -0.3 is 5.73 Å². The predicted octanol–water partition coefficient (Wildman–Crippen LogP) is 2.38. The molecule has 0 aromatic heterocycles. The molecule has 120 valence electrons. The molecule has 4 nitrogen and oxygen atoms in total. The molecule has 2 heterocycles. The van der Waals surface area contributed by atoms with E-state index in [2.05, 4.69) is 4.99 Å². The normalized spacial score (nSPS) is 36.2. The molecule has 1 saturated heterocycles. The van der Waals surface area contributed by atoms with Gasteiger partial charge in [0.15, 0.2) is 9.84 Å².